The van der Waals surface area contributed by atoms with Crippen LogP contribution < -0.4 is 10.1 Å². The molecular formula is C21H22N6O3. The van der Waals surface area contributed by atoms with Gasteiger partial charge in [-0.1, -0.05) is 6.07 Å². The van der Waals surface area contributed by atoms with Crippen LogP contribution in [0.3, 0.4) is 0 Å². The molecule has 2 bridgehead atoms. The van der Waals surface area contributed by atoms with Gasteiger partial charge in [0.15, 0.2) is 5.82 Å². The number of pyridine rings is 2. The molecule has 0 aliphatic carbocycles. The third kappa shape index (κ3) is 3.52. The summed E-state index contributed by atoms with van der Waals surface area (Å²) in [4.78, 5) is 22.1. The van der Waals surface area contributed by atoms with Crippen molar-refractivity contribution in [2.45, 2.75) is 31.7 Å². The van der Waals surface area contributed by atoms with Gasteiger partial charge in [-0.25, -0.2) is 9.97 Å². The molecule has 0 spiro atoms. The first-order valence-corrected chi connectivity index (χ1v) is 10.1. The summed E-state index contributed by atoms with van der Waals surface area (Å²) in [6.07, 6.45) is 5.15. The maximum atomic E-state index is 13.1. The molecule has 0 saturated carbocycles. The van der Waals surface area contributed by atoms with E-state index in [1.807, 2.05) is 22.8 Å². The molecule has 1 saturated heterocycles. The molecule has 1 N–H and O–H groups in total. The summed E-state index contributed by atoms with van der Waals surface area (Å²) in [5, 5.41) is 11.2. The number of ether oxygens (including phenoxy) is 2. The molecule has 0 radical (unpaired) electrons. The minimum absolute atomic E-state index is 0.176. The van der Waals surface area contributed by atoms with E-state index in [4.69, 9.17) is 9.47 Å². The minimum Gasteiger partial charge on any atom is -0.477 e. The monoisotopic (exact) mass is 406 g/mol. The van der Waals surface area contributed by atoms with Crippen LogP contribution in [0.15, 0.2) is 36.8 Å². The zero-order chi connectivity index (χ0) is 20.5. The number of nitrogens with zero attached hydrogens (tertiary/aromatic N) is 5. The SMILES string of the molecule is C[C@H]1CCCOc2ncc(C3COC3)cc2C(=O)Nc2cccc(n2)-c2nncn21. The van der Waals surface area contributed by atoms with Gasteiger partial charge in [0.2, 0.25) is 5.88 Å². The van der Waals surface area contributed by atoms with E-state index in [9.17, 15) is 4.79 Å². The zero-order valence-corrected chi connectivity index (χ0v) is 16.6. The van der Waals surface area contributed by atoms with Crippen molar-refractivity contribution in [3.8, 4) is 17.4 Å². The highest BCUT2D eigenvalue weighted by Crippen LogP contribution is 2.29. The summed E-state index contributed by atoms with van der Waals surface area (Å²) in [6, 6.07) is 7.47. The lowest BCUT2D eigenvalue weighted by molar-refractivity contribution is 0.00822. The van der Waals surface area contributed by atoms with E-state index >= 15 is 0 Å². The quantitative estimate of drug-likeness (QED) is 0.663. The fraction of sp³-hybridized carbons (Fsp3) is 0.381. The molecule has 5 rings (SSSR count). The van der Waals surface area contributed by atoms with E-state index in [0.717, 1.165) is 18.4 Å². The Morgan fingerprint density at radius 2 is 2.17 bits per heavy atom. The highest BCUT2D eigenvalue weighted by Gasteiger charge is 2.25. The lowest BCUT2D eigenvalue weighted by Crippen LogP contribution is -2.26. The molecule has 2 aliphatic heterocycles. The number of aromatic nitrogens is 5. The van der Waals surface area contributed by atoms with Gasteiger partial charge in [0.1, 0.15) is 23.4 Å². The lowest BCUT2D eigenvalue weighted by atomic mass is 9.98. The molecule has 5 heterocycles. The first-order valence-electron chi connectivity index (χ1n) is 10.1. The van der Waals surface area contributed by atoms with Crippen molar-refractivity contribution < 1.29 is 14.3 Å². The second-order valence-corrected chi connectivity index (χ2v) is 7.62. The van der Waals surface area contributed by atoms with E-state index in [2.05, 4.69) is 32.4 Å². The van der Waals surface area contributed by atoms with E-state index in [1.165, 1.54) is 0 Å². The maximum Gasteiger partial charge on any atom is 0.262 e. The highest BCUT2D eigenvalue weighted by molar-refractivity contribution is 6.05. The van der Waals surface area contributed by atoms with E-state index in [-0.39, 0.29) is 17.9 Å². The van der Waals surface area contributed by atoms with Crippen molar-refractivity contribution >= 4 is 11.7 Å². The summed E-state index contributed by atoms with van der Waals surface area (Å²) >= 11 is 0. The fourth-order valence-corrected chi connectivity index (χ4v) is 3.65. The third-order valence-corrected chi connectivity index (χ3v) is 5.50. The van der Waals surface area contributed by atoms with Crippen LogP contribution in [-0.2, 0) is 4.74 Å². The standard InChI is InChI=1S/C21H22N6O3/c1-13-4-3-7-30-21-16(8-14(9-22-21)15-10-29-11-15)20(28)25-18-6-2-5-17(24-18)19-26-23-12-27(13)19/h2,5-6,8-9,12-13,15H,3-4,7,10-11H2,1H3,(H,24,25,28)/t13-/m0/s1. The van der Waals surface area contributed by atoms with Gasteiger partial charge in [0.05, 0.1) is 19.8 Å². The summed E-state index contributed by atoms with van der Waals surface area (Å²) in [7, 11) is 0. The van der Waals surface area contributed by atoms with Crippen molar-refractivity contribution in [3.63, 3.8) is 0 Å². The topological polar surface area (TPSA) is 104 Å². The minimum atomic E-state index is -0.309. The molecule has 2 aliphatic rings. The largest absolute Gasteiger partial charge is 0.477 e. The van der Waals surface area contributed by atoms with Crippen molar-refractivity contribution in [1.82, 2.24) is 24.7 Å². The number of fused-ring (bicyclic) bond motifs is 5. The summed E-state index contributed by atoms with van der Waals surface area (Å²) in [6.45, 7) is 3.87. The Hall–Kier alpha value is -3.33. The third-order valence-electron chi connectivity index (χ3n) is 5.50. The Morgan fingerprint density at radius 1 is 1.27 bits per heavy atom. The van der Waals surface area contributed by atoms with Crippen molar-refractivity contribution in [2.24, 2.45) is 0 Å². The fourth-order valence-electron chi connectivity index (χ4n) is 3.65. The van der Waals surface area contributed by atoms with Gasteiger partial charge in [-0.05, 0) is 43.5 Å². The number of rotatable bonds is 1. The van der Waals surface area contributed by atoms with Gasteiger partial charge < -0.3 is 19.4 Å². The summed E-state index contributed by atoms with van der Waals surface area (Å²) < 4.78 is 13.2. The average molecular weight is 406 g/mol. The Kier molecular flexibility index (Phi) is 4.88. The molecule has 3 aromatic heterocycles. The van der Waals surface area contributed by atoms with E-state index < -0.39 is 0 Å². The van der Waals surface area contributed by atoms with Crippen LogP contribution in [0.1, 0.15) is 47.6 Å². The first kappa shape index (κ1) is 18.7. The van der Waals surface area contributed by atoms with Crippen molar-refractivity contribution in [3.05, 3.63) is 47.9 Å². The second kappa shape index (κ2) is 7.83. The molecule has 9 nitrogen and oxygen atoms in total. The molecule has 154 valence electrons. The van der Waals surface area contributed by atoms with Gasteiger partial charge >= 0.3 is 0 Å². The van der Waals surface area contributed by atoms with Crippen LogP contribution in [0.5, 0.6) is 5.88 Å². The highest BCUT2D eigenvalue weighted by atomic mass is 16.5. The van der Waals surface area contributed by atoms with Gasteiger partial charge in [-0.2, -0.15) is 0 Å². The average Bonchev–Trinajstić information content (AvgIpc) is 3.20. The number of hydrogen-bond acceptors (Lipinski definition) is 7. The maximum absolute atomic E-state index is 13.1. The van der Waals surface area contributed by atoms with Gasteiger partial charge in [-0.3, -0.25) is 4.79 Å². The Labute approximate surface area is 173 Å². The summed E-state index contributed by atoms with van der Waals surface area (Å²) in [5.41, 5.74) is 2.03. The Bertz CT molecular complexity index is 1080. The van der Waals surface area contributed by atoms with E-state index in [0.29, 0.717) is 48.6 Å². The summed E-state index contributed by atoms with van der Waals surface area (Å²) in [5.74, 6) is 1.39. The molecule has 0 aromatic carbocycles. The van der Waals surface area contributed by atoms with Crippen molar-refractivity contribution in [1.29, 1.82) is 0 Å². The number of carbonyl (C=O) groups excluding carboxylic acids is 1. The van der Waals surface area contributed by atoms with Gasteiger partial charge in [0, 0.05) is 18.2 Å². The van der Waals surface area contributed by atoms with Crippen LogP contribution in [0.2, 0.25) is 0 Å². The van der Waals surface area contributed by atoms with Crippen LogP contribution in [0.4, 0.5) is 5.82 Å². The Morgan fingerprint density at radius 3 is 3.00 bits per heavy atom. The number of amides is 1. The van der Waals surface area contributed by atoms with Crippen molar-refractivity contribution in [2.75, 3.05) is 25.1 Å². The molecule has 3 aromatic rings. The smallest absolute Gasteiger partial charge is 0.262 e. The predicted octanol–water partition coefficient (Wildman–Crippen LogP) is 2.83. The normalized spacial score (nSPS) is 19.5. The number of carbonyl (C=O) groups is 1. The van der Waals surface area contributed by atoms with Gasteiger partial charge in [0.25, 0.3) is 5.91 Å². The lowest BCUT2D eigenvalue weighted by Gasteiger charge is -2.26. The molecular weight excluding hydrogens is 384 g/mol. The number of hydrogen-bond donors (Lipinski definition) is 1. The first-order chi connectivity index (χ1) is 14.7. The second-order valence-electron chi connectivity index (χ2n) is 7.62. The van der Waals surface area contributed by atoms with Crippen LogP contribution in [0, 0.1) is 0 Å². The van der Waals surface area contributed by atoms with Crippen LogP contribution in [-0.4, -0.2) is 50.5 Å². The molecule has 1 fully saturated rings. The Balaban J connectivity index is 1.53. The molecule has 9 heteroatoms. The van der Waals surface area contributed by atoms with Gasteiger partial charge in [-0.15, -0.1) is 10.2 Å². The molecule has 1 amide bonds. The molecule has 1 atom stereocenters. The van der Waals surface area contributed by atoms with Crippen LogP contribution >= 0.6 is 0 Å². The molecule has 30 heavy (non-hydrogen) atoms. The predicted molar refractivity (Wildman–Crippen MR) is 108 cm³/mol. The zero-order valence-electron chi connectivity index (χ0n) is 16.6. The number of nitrogens with one attached hydrogen (secondary N) is 1. The van der Waals surface area contributed by atoms with Crippen LogP contribution in [0.25, 0.3) is 11.5 Å². The van der Waals surface area contributed by atoms with E-state index in [1.54, 1.807) is 18.6 Å². The molecule has 0 unspecified atom stereocenters. The number of anilines is 1.